The third-order valence-electron chi connectivity index (χ3n) is 4.01. The molecule has 0 saturated carbocycles. The highest BCUT2D eigenvalue weighted by atomic mass is 32.2. The number of anilines is 1. The summed E-state index contributed by atoms with van der Waals surface area (Å²) in [5.74, 6) is 0.296. The van der Waals surface area contributed by atoms with Crippen LogP contribution >= 0.6 is 0 Å². The number of carbonyl (C=O) groups excluding carboxylic acids is 1. The second-order valence-corrected chi connectivity index (χ2v) is 8.02. The largest absolute Gasteiger partial charge is 0.343 e. The molecule has 28 heavy (non-hydrogen) atoms. The van der Waals surface area contributed by atoms with E-state index in [0.29, 0.717) is 17.1 Å². The molecule has 0 aliphatic heterocycles. The Morgan fingerprint density at radius 3 is 2.43 bits per heavy atom. The molecule has 1 heterocycles. The van der Waals surface area contributed by atoms with Gasteiger partial charge in [0.25, 0.3) is 15.9 Å². The number of aryl methyl sites for hydroxylation is 3. The van der Waals surface area contributed by atoms with Crippen molar-refractivity contribution in [1.29, 1.82) is 0 Å². The van der Waals surface area contributed by atoms with Gasteiger partial charge in [-0.3, -0.25) is 9.52 Å². The van der Waals surface area contributed by atoms with Gasteiger partial charge in [-0.2, -0.15) is 4.98 Å². The van der Waals surface area contributed by atoms with E-state index in [1.165, 1.54) is 6.07 Å². The van der Waals surface area contributed by atoms with Gasteiger partial charge in [-0.1, -0.05) is 28.9 Å². The third kappa shape index (κ3) is 4.55. The summed E-state index contributed by atoms with van der Waals surface area (Å²) >= 11 is 0. The average Bonchev–Trinajstić information content (AvgIpc) is 3.07. The Labute approximate surface area is 163 Å². The number of sulfonamides is 1. The van der Waals surface area contributed by atoms with Crippen molar-refractivity contribution in [2.24, 2.45) is 0 Å². The Morgan fingerprint density at radius 1 is 1.07 bits per heavy atom. The summed E-state index contributed by atoms with van der Waals surface area (Å²) in [7, 11) is -3.85. The molecule has 0 fully saturated rings. The summed E-state index contributed by atoms with van der Waals surface area (Å²) < 4.78 is 33.1. The van der Waals surface area contributed by atoms with E-state index >= 15 is 0 Å². The molecule has 3 rings (SSSR count). The van der Waals surface area contributed by atoms with Gasteiger partial charge < -0.3 is 9.84 Å². The fraction of sp³-hybridized carbons (Fsp3) is 0.211. The molecule has 3 aromatic rings. The van der Waals surface area contributed by atoms with Crippen LogP contribution in [0.15, 0.2) is 51.9 Å². The van der Waals surface area contributed by atoms with Crippen LogP contribution in [-0.4, -0.2) is 24.5 Å². The van der Waals surface area contributed by atoms with E-state index in [4.69, 9.17) is 4.52 Å². The summed E-state index contributed by atoms with van der Waals surface area (Å²) in [6, 6.07) is 11.5. The van der Waals surface area contributed by atoms with Crippen LogP contribution in [0.25, 0.3) is 0 Å². The molecule has 0 saturated heterocycles. The maximum Gasteiger partial charge on any atom is 0.262 e. The smallest absolute Gasteiger partial charge is 0.262 e. The summed E-state index contributed by atoms with van der Waals surface area (Å²) in [6.07, 6.45) is 0. The maximum atomic E-state index is 12.8. The van der Waals surface area contributed by atoms with E-state index in [1.54, 1.807) is 38.1 Å². The zero-order valence-corrected chi connectivity index (χ0v) is 16.5. The van der Waals surface area contributed by atoms with Crippen LogP contribution in [0.4, 0.5) is 5.69 Å². The Balaban J connectivity index is 1.79. The molecular formula is C19H20N4O4S. The number of hydrogen-bond donors (Lipinski definition) is 2. The Morgan fingerprint density at radius 2 is 1.79 bits per heavy atom. The van der Waals surface area contributed by atoms with Gasteiger partial charge in [-0.15, -0.1) is 0 Å². The molecule has 8 nitrogen and oxygen atoms in total. The van der Waals surface area contributed by atoms with Crippen molar-refractivity contribution < 1.29 is 17.7 Å². The number of nitrogens with zero attached hydrogens (tertiary/aromatic N) is 2. The fourth-order valence-electron chi connectivity index (χ4n) is 2.53. The van der Waals surface area contributed by atoms with Crippen molar-refractivity contribution in [3.63, 3.8) is 0 Å². The summed E-state index contributed by atoms with van der Waals surface area (Å²) in [5, 5.41) is 6.28. The number of nitrogens with one attached hydrogen (secondary N) is 2. The summed E-state index contributed by atoms with van der Waals surface area (Å²) in [6.45, 7) is 5.32. The van der Waals surface area contributed by atoms with Crippen molar-refractivity contribution >= 4 is 21.6 Å². The molecule has 0 unspecified atom stereocenters. The molecule has 0 radical (unpaired) electrons. The van der Waals surface area contributed by atoms with Crippen molar-refractivity contribution in [2.45, 2.75) is 32.2 Å². The molecule has 2 N–H and O–H groups in total. The monoisotopic (exact) mass is 400 g/mol. The quantitative estimate of drug-likeness (QED) is 0.658. The number of rotatable bonds is 6. The molecule has 1 aromatic heterocycles. The van der Waals surface area contributed by atoms with Crippen molar-refractivity contribution in [3.8, 4) is 0 Å². The highest BCUT2D eigenvalue weighted by Crippen LogP contribution is 2.21. The van der Waals surface area contributed by atoms with Gasteiger partial charge in [0.2, 0.25) is 5.89 Å². The van der Waals surface area contributed by atoms with E-state index in [9.17, 15) is 13.2 Å². The van der Waals surface area contributed by atoms with Crippen LogP contribution in [0.3, 0.4) is 0 Å². The van der Waals surface area contributed by atoms with Gasteiger partial charge in [-0.05, 0) is 50.6 Å². The van der Waals surface area contributed by atoms with E-state index in [-0.39, 0.29) is 22.9 Å². The summed E-state index contributed by atoms with van der Waals surface area (Å²) in [5.41, 5.74) is 2.22. The number of aromatic nitrogens is 2. The fourth-order valence-corrected chi connectivity index (χ4v) is 3.86. The normalized spacial score (nSPS) is 11.2. The predicted molar refractivity (Wildman–Crippen MR) is 103 cm³/mol. The zero-order valence-electron chi connectivity index (χ0n) is 15.7. The lowest BCUT2D eigenvalue weighted by atomic mass is 10.1. The Bertz CT molecular complexity index is 1110. The molecular weight excluding hydrogens is 380 g/mol. The molecule has 2 aromatic carbocycles. The standard InChI is InChI=1S/C19H20N4O4S/c1-12-4-8-16(9-5-12)23-28(25,26)17-10-15(7-6-13(17)2)19(24)20-11-18-21-14(3)22-27-18/h4-10,23H,11H2,1-3H3,(H,20,24). The Hall–Kier alpha value is -3.20. The van der Waals surface area contributed by atoms with Gasteiger partial charge in [0.1, 0.15) is 0 Å². The lowest BCUT2D eigenvalue weighted by Gasteiger charge is -2.12. The van der Waals surface area contributed by atoms with Gasteiger partial charge in [0, 0.05) is 11.3 Å². The maximum absolute atomic E-state index is 12.8. The Kier molecular flexibility index (Phi) is 5.46. The van der Waals surface area contributed by atoms with Crippen LogP contribution in [0.2, 0.25) is 0 Å². The molecule has 0 aliphatic carbocycles. The first kappa shape index (κ1) is 19.6. The minimum absolute atomic E-state index is 0.0364. The lowest BCUT2D eigenvalue weighted by Crippen LogP contribution is -2.24. The second-order valence-electron chi connectivity index (χ2n) is 6.37. The highest BCUT2D eigenvalue weighted by molar-refractivity contribution is 7.92. The molecule has 0 atom stereocenters. The first-order chi connectivity index (χ1) is 13.2. The van der Waals surface area contributed by atoms with Crippen LogP contribution in [-0.2, 0) is 16.6 Å². The van der Waals surface area contributed by atoms with Gasteiger partial charge in [-0.25, -0.2) is 8.42 Å². The van der Waals surface area contributed by atoms with Gasteiger partial charge in [0.15, 0.2) is 5.82 Å². The molecule has 1 amide bonds. The first-order valence-electron chi connectivity index (χ1n) is 8.52. The number of amides is 1. The predicted octanol–water partition coefficient (Wildman–Crippen LogP) is 2.73. The third-order valence-corrected chi connectivity index (χ3v) is 5.54. The van der Waals surface area contributed by atoms with Gasteiger partial charge in [0.05, 0.1) is 11.4 Å². The van der Waals surface area contributed by atoms with E-state index in [2.05, 4.69) is 20.2 Å². The zero-order chi connectivity index (χ0) is 20.3. The number of benzene rings is 2. The minimum Gasteiger partial charge on any atom is -0.343 e. The van der Waals surface area contributed by atoms with Crippen LogP contribution in [0, 0.1) is 20.8 Å². The van der Waals surface area contributed by atoms with E-state index < -0.39 is 15.9 Å². The topological polar surface area (TPSA) is 114 Å². The SMILES string of the molecule is Cc1ccc(NS(=O)(=O)c2cc(C(=O)NCc3nc(C)no3)ccc2C)cc1. The van der Waals surface area contributed by atoms with Crippen molar-refractivity contribution in [3.05, 3.63) is 70.9 Å². The van der Waals surface area contributed by atoms with E-state index in [0.717, 1.165) is 5.56 Å². The minimum atomic E-state index is -3.85. The molecule has 0 bridgehead atoms. The van der Waals surface area contributed by atoms with Crippen LogP contribution in [0.1, 0.15) is 33.2 Å². The molecule has 146 valence electrons. The lowest BCUT2D eigenvalue weighted by molar-refractivity contribution is 0.0946. The first-order valence-corrected chi connectivity index (χ1v) is 10.0. The van der Waals surface area contributed by atoms with Crippen molar-refractivity contribution in [2.75, 3.05) is 4.72 Å². The highest BCUT2D eigenvalue weighted by Gasteiger charge is 2.19. The van der Waals surface area contributed by atoms with Crippen LogP contribution in [0.5, 0.6) is 0 Å². The second kappa shape index (κ2) is 7.81. The molecule has 0 aliphatic rings. The van der Waals surface area contributed by atoms with Gasteiger partial charge >= 0.3 is 0 Å². The summed E-state index contributed by atoms with van der Waals surface area (Å²) in [4.78, 5) is 16.4. The number of hydrogen-bond acceptors (Lipinski definition) is 6. The van der Waals surface area contributed by atoms with Crippen molar-refractivity contribution in [1.82, 2.24) is 15.5 Å². The van der Waals surface area contributed by atoms with Crippen LogP contribution < -0.4 is 10.0 Å². The average molecular weight is 400 g/mol. The molecule has 0 spiro atoms. The van der Waals surface area contributed by atoms with E-state index in [1.807, 2.05) is 19.1 Å². The number of carbonyl (C=O) groups is 1. The molecule has 9 heteroatoms.